The number of carbonyl (C=O) groups excluding carboxylic acids is 2. The van der Waals surface area contributed by atoms with E-state index in [2.05, 4.69) is 0 Å². The molecule has 1 aromatic carbocycles. The first-order valence-corrected chi connectivity index (χ1v) is 9.14. The maximum absolute atomic E-state index is 12.8. The van der Waals surface area contributed by atoms with E-state index < -0.39 is 48.8 Å². The highest BCUT2D eigenvalue weighted by Gasteiger charge is 2.52. The van der Waals surface area contributed by atoms with E-state index in [1.54, 1.807) is 18.2 Å². The van der Waals surface area contributed by atoms with Gasteiger partial charge in [0.15, 0.2) is 6.23 Å². The summed E-state index contributed by atoms with van der Waals surface area (Å²) in [6, 6.07) is 6.43. The Labute approximate surface area is 169 Å². The maximum atomic E-state index is 12.8. The zero-order chi connectivity index (χ0) is 21.8. The predicted octanol–water partition coefficient (Wildman–Crippen LogP) is 3.00. The Kier molecular flexibility index (Phi) is 4.59. The molecule has 0 radical (unpaired) electrons. The van der Waals surface area contributed by atoms with Gasteiger partial charge in [0.05, 0.1) is 17.9 Å². The van der Waals surface area contributed by atoms with E-state index in [0.29, 0.717) is 16.9 Å². The fourth-order valence-electron chi connectivity index (χ4n) is 4.27. The molecule has 1 fully saturated rings. The van der Waals surface area contributed by atoms with Crippen LogP contribution in [0.5, 0.6) is 0 Å². The van der Waals surface area contributed by atoms with E-state index in [9.17, 15) is 32.7 Å². The molecule has 7 nitrogen and oxygen atoms in total. The third kappa shape index (κ3) is 3.21. The summed E-state index contributed by atoms with van der Waals surface area (Å²) in [7, 11) is 0. The number of likely N-dealkylation sites (tertiary alicyclic amines) is 1. The van der Waals surface area contributed by atoms with Gasteiger partial charge in [0, 0.05) is 11.5 Å². The summed E-state index contributed by atoms with van der Waals surface area (Å²) in [4.78, 5) is 37.7. The lowest BCUT2D eigenvalue weighted by Gasteiger charge is -2.25. The van der Waals surface area contributed by atoms with Gasteiger partial charge in [-0.25, -0.2) is 9.69 Å². The van der Waals surface area contributed by atoms with Crippen LogP contribution in [0.2, 0.25) is 0 Å². The number of alkyl halides is 3. The van der Waals surface area contributed by atoms with Gasteiger partial charge in [0.1, 0.15) is 6.54 Å². The van der Waals surface area contributed by atoms with Crippen LogP contribution >= 0.6 is 0 Å². The Balaban J connectivity index is 1.63. The van der Waals surface area contributed by atoms with Crippen LogP contribution in [0, 0.1) is 5.92 Å². The first-order chi connectivity index (χ1) is 14.1. The topological polar surface area (TPSA) is 87.2 Å². The minimum atomic E-state index is -4.62. The molecule has 0 bridgehead atoms. The molecule has 1 N–H and O–H groups in total. The number of nitrogens with zero attached hydrogens (tertiary/aromatic N) is 2. The largest absolute Gasteiger partial charge is 0.474 e. The summed E-state index contributed by atoms with van der Waals surface area (Å²) in [5.41, 5.74) is 1.75. The van der Waals surface area contributed by atoms with Crippen molar-refractivity contribution >= 4 is 17.9 Å². The van der Waals surface area contributed by atoms with Crippen molar-refractivity contribution in [3.8, 4) is 0 Å². The van der Waals surface area contributed by atoms with Gasteiger partial charge in [-0.05, 0) is 30.5 Å². The normalized spacial score (nSPS) is 26.9. The van der Waals surface area contributed by atoms with Gasteiger partial charge in [-0.2, -0.15) is 13.2 Å². The second-order valence-corrected chi connectivity index (χ2v) is 7.41. The lowest BCUT2D eigenvalue weighted by molar-refractivity contribution is -0.169. The van der Waals surface area contributed by atoms with Crippen molar-refractivity contribution < 1.29 is 37.4 Å². The van der Waals surface area contributed by atoms with Crippen molar-refractivity contribution in [2.75, 3.05) is 6.54 Å². The number of amides is 3. The van der Waals surface area contributed by atoms with Crippen molar-refractivity contribution in [3.05, 3.63) is 58.9 Å². The molecular formula is C20H17F3N2O5. The summed E-state index contributed by atoms with van der Waals surface area (Å²) in [5, 5.41) is 9.54. The third-order valence-corrected chi connectivity index (χ3v) is 5.53. The van der Waals surface area contributed by atoms with E-state index in [1.165, 1.54) is 13.0 Å². The second-order valence-electron chi connectivity index (χ2n) is 7.41. The fourth-order valence-corrected chi connectivity index (χ4v) is 4.27. The number of halogens is 3. The van der Waals surface area contributed by atoms with Gasteiger partial charge in [0.25, 0.3) is 11.8 Å². The average molecular weight is 422 g/mol. The molecular weight excluding hydrogens is 405 g/mol. The molecule has 3 unspecified atom stereocenters. The van der Waals surface area contributed by atoms with E-state index in [1.807, 2.05) is 6.07 Å². The standard InChI is InChI=1S/C20H17F3N2O5/c1-10-6-15(24(17(10)26)9-20(21,22)23)30-8-14-13-7-11-4-2-3-5-12(11)16(13)25(18(14)27)19(28)29/h2-6,8,13,15-16H,7,9H2,1H3,(H,28,29)/b14-8+. The van der Waals surface area contributed by atoms with E-state index in [0.717, 1.165) is 16.7 Å². The van der Waals surface area contributed by atoms with Crippen LogP contribution in [-0.2, 0) is 20.7 Å². The Morgan fingerprint density at radius 1 is 1.27 bits per heavy atom. The summed E-state index contributed by atoms with van der Waals surface area (Å²) in [6.07, 6.45) is -4.73. The van der Waals surface area contributed by atoms with Gasteiger partial charge in [0.2, 0.25) is 0 Å². The number of benzene rings is 1. The third-order valence-electron chi connectivity index (χ3n) is 5.53. The van der Waals surface area contributed by atoms with Crippen LogP contribution in [0.3, 0.4) is 0 Å². The number of carbonyl (C=O) groups is 3. The smallest absolute Gasteiger partial charge is 0.414 e. The summed E-state index contributed by atoms with van der Waals surface area (Å²) >= 11 is 0. The molecule has 1 aromatic rings. The van der Waals surface area contributed by atoms with Gasteiger partial charge in [-0.15, -0.1) is 0 Å². The van der Waals surface area contributed by atoms with Gasteiger partial charge in [-0.3, -0.25) is 14.5 Å². The highest BCUT2D eigenvalue weighted by Crippen LogP contribution is 2.49. The lowest BCUT2D eigenvalue weighted by Crippen LogP contribution is -2.42. The number of carboxylic acid groups (broad SMARTS) is 1. The zero-order valence-electron chi connectivity index (χ0n) is 15.7. The Hall–Kier alpha value is -3.30. The molecule has 4 rings (SSSR count). The van der Waals surface area contributed by atoms with Crippen molar-refractivity contribution in [3.63, 3.8) is 0 Å². The lowest BCUT2D eigenvalue weighted by atomic mass is 9.97. The minimum Gasteiger partial charge on any atom is -0.474 e. The number of ether oxygens (including phenoxy) is 1. The monoisotopic (exact) mass is 422 g/mol. The van der Waals surface area contributed by atoms with Crippen molar-refractivity contribution in [1.29, 1.82) is 0 Å². The molecule has 3 amide bonds. The molecule has 0 saturated carbocycles. The summed E-state index contributed by atoms with van der Waals surface area (Å²) in [5.74, 6) is -2.10. The molecule has 3 atom stereocenters. The van der Waals surface area contributed by atoms with Crippen molar-refractivity contribution in [2.24, 2.45) is 5.92 Å². The SMILES string of the molecule is CC1=CC(O/C=C2/C(=O)N(C(=O)O)C3c4ccccc4CC23)N(CC(F)(F)F)C1=O. The number of fused-ring (bicyclic) bond motifs is 3. The predicted molar refractivity (Wildman–Crippen MR) is 95.7 cm³/mol. The number of rotatable bonds is 3. The number of hydrogen-bond acceptors (Lipinski definition) is 4. The molecule has 30 heavy (non-hydrogen) atoms. The molecule has 3 aliphatic rings. The molecule has 1 saturated heterocycles. The van der Waals surface area contributed by atoms with Crippen LogP contribution in [-0.4, -0.2) is 51.8 Å². The maximum Gasteiger partial charge on any atom is 0.414 e. The van der Waals surface area contributed by atoms with Crippen LogP contribution in [0.4, 0.5) is 18.0 Å². The van der Waals surface area contributed by atoms with E-state index in [-0.39, 0.29) is 11.1 Å². The average Bonchev–Trinajstić information content (AvgIpc) is 3.23. The molecule has 158 valence electrons. The quantitative estimate of drug-likeness (QED) is 0.598. The fraction of sp³-hybridized carbons (Fsp3) is 0.350. The summed E-state index contributed by atoms with van der Waals surface area (Å²) < 4.78 is 43.9. The summed E-state index contributed by atoms with van der Waals surface area (Å²) in [6.45, 7) is -0.126. The highest BCUT2D eigenvalue weighted by molar-refractivity contribution is 6.05. The molecule has 0 spiro atoms. The van der Waals surface area contributed by atoms with Crippen LogP contribution in [0.15, 0.2) is 47.7 Å². The zero-order valence-corrected chi connectivity index (χ0v) is 15.7. The Morgan fingerprint density at radius 2 is 1.97 bits per heavy atom. The first kappa shape index (κ1) is 20.0. The molecule has 2 aliphatic heterocycles. The van der Waals surface area contributed by atoms with Gasteiger partial charge in [-0.1, -0.05) is 24.3 Å². The molecule has 10 heteroatoms. The molecule has 1 aliphatic carbocycles. The Bertz CT molecular complexity index is 1000. The number of hydrogen-bond donors (Lipinski definition) is 1. The van der Waals surface area contributed by atoms with Crippen LogP contribution in [0.1, 0.15) is 24.1 Å². The van der Waals surface area contributed by atoms with E-state index >= 15 is 0 Å². The minimum absolute atomic E-state index is 0.0518. The second kappa shape index (κ2) is 6.89. The first-order valence-electron chi connectivity index (χ1n) is 9.14. The van der Waals surface area contributed by atoms with Crippen LogP contribution in [0.25, 0.3) is 0 Å². The highest BCUT2D eigenvalue weighted by atomic mass is 19.4. The number of imide groups is 1. The van der Waals surface area contributed by atoms with Crippen molar-refractivity contribution in [1.82, 2.24) is 9.80 Å². The van der Waals surface area contributed by atoms with Crippen LogP contribution < -0.4 is 0 Å². The molecule has 2 heterocycles. The van der Waals surface area contributed by atoms with Crippen molar-refractivity contribution in [2.45, 2.75) is 31.8 Å². The molecule has 0 aromatic heterocycles. The van der Waals surface area contributed by atoms with E-state index in [4.69, 9.17) is 4.74 Å². The van der Waals surface area contributed by atoms with Gasteiger partial charge < -0.3 is 9.84 Å². The Morgan fingerprint density at radius 3 is 2.63 bits per heavy atom. The van der Waals surface area contributed by atoms with Gasteiger partial charge >= 0.3 is 12.3 Å².